The van der Waals surface area contributed by atoms with E-state index in [2.05, 4.69) is 39.8 Å². The van der Waals surface area contributed by atoms with Crippen LogP contribution < -0.4 is 4.74 Å². The highest BCUT2D eigenvalue weighted by Crippen LogP contribution is 2.29. The summed E-state index contributed by atoms with van der Waals surface area (Å²) in [6.45, 7) is 8.68. The number of aryl methyl sites for hydroxylation is 2. The van der Waals surface area contributed by atoms with Crippen molar-refractivity contribution in [1.82, 2.24) is 0 Å². The summed E-state index contributed by atoms with van der Waals surface area (Å²) in [6.07, 6.45) is 2.04. The molecule has 0 spiro atoms. The molecule has 17 heavy (non-hydrogen) atoms. The van der Waals surface area contributed by atoms with Gasteiger partial charge in [-0.05, 0) is 48.4 Å². The number of halogens is 1. The largest absolute Gasteiger partial charge is 0.497 e. The van der Waals surface area contributed by atoms with Gasteiger partial charge in [0.2, 0.25) is 0 Å². The minimum absolute atomic E-state index is 0.169. The van der Waals surface area contributed by atoms with Crippen molar-refractivity contribution in [1.29, 1.82) is 0 Å². The summed E-state index contributed by atoms with van der Waals surface area (Å²) < 4.78 is 5.20. The Labute approximate surface area is 110 Å². The Hall–Kier alpha value is -0.690. The summed E-state index contributed by atoms with van der Waals surface area (Å²) in [5.41, 5.74) is 2.81. The zero-order valence-electron chi connectivity index (χ0n) is 11.5. The molecule has 0 aliphatic rings. The number of ether oxygens (including phenoxy) is 1. The van der Waals surface area contributed by atoms with Gasteiger partial charge in [-0.2, -0.15) is 0 Å². The zero-order chi connectivity index (χ0) is 13.1. The summed E-state index contributed by atoms with van der Waals surface area (Å²) in [5.74, 6) is 0.921. The predicted octanol–water partition coefficient (Wildman–Crippen LogP) is 4.59. The maximum absolute atomic E-state index is 6.39. The van der Waals surface area contributed by atoms with Gasteiger partial charge in [0, 0.05) is 5.38 Å². The number of rotatable bonds is 4. The molecule has 0 aliphatic carbocycles. The molecule has 1 nitrogen and oxygen atoms in total. The molecular weight excluding hydrogens is 232 g/mol. The molecule has 0 bridgehead atoms. The first-order chi connectivity index (χ1) is 7.84. The van der Waals surface area contributed by atoms with Crippen molar-refractivity contribution in [3.63, 3.8) is 0 Å². The molecule has 1 aromatic rings. The predicted molar refractivity (Wildman–Crippen MR) is 75.1 cm³/mol. The van der Waals surface area contributed by atoms with Crippen molar-refractivity contribution in [2.24, 2.45) is 5.41 Å². The van der Waals surface area contributed by atoms with Crippen molar-refractivity contribution in [3.8, 4) is 5.75 Å². The molecule has 96 valence electrons. The van der Waals surface area contributed by atoms with Gasteiger partial charge < -0.3 is 4.74 Å². The molecule has 0 radical (unpaired) electrons. The summed E-state index contributed by atoms with van der Waals surface area (Å²) in [6, 6.07) is 6.23. The Balaban J connectivity index is 2.64. The zero-order valence-corrected chi connectivity index (χ0v) is 12.3. The first kappa shape index (κ1) is 14.4. The van der Waals surface area contributed by atoms with Crippen LogP contribution in [0.1, 0.15) is 38.3 Å². The van der Waals surface area contributed by atoms with Crippen molar-refractivity contribution >= 4 is 11.6 Å². The van der Waals surface area contributed by atoms with E-state index in [9.17, 15) is 0 Å². The Morgan fingerprint density at radius 1 is 1.29 bits per heavy atom. The van der Waals surface area contributed by atoms with E-state index in [1.165, 1.54) is 11.1 Å². The van der Waals surface area contributed by atoms with Crippen molar-refractivity contribution in [2.75, 3.05) is 7.11 Å². The molecule has 0 saturated carbocycles. The van der Waals surface area contributed by atoms with E-state index < -0.39 is 0 Å². The molecule has 1 unspecified atom stereocenters. The standard InChI is InChI=1S/C15H23ClO/c1-11-10-13(17-5)8-6-12(11)7-9-14(16)15(2,3)4/h6,8,10,14H,7,9H2,1-5H3. The summed E-state index contributed by atoms with van der Waals surface area (Å²) >= 11 is 6.39. The van der Waals surface area contributed by atoms with Crippen LogP contribution in [0.3, 0.4) is 0 Å². The van der Waals surface area contributed by atoms with Crippen molar-refractivity contribution < 1.29 is 4.74 Å². The monoisotopic (exact) mass is 254 g/mol. The third kappa shape index (κ3) is 4.23. The van der Waals surface area contributed by atoms with Crippen molar-refractivity contribution in [3.05, 3.63) is 29.3 Å². The molecule has 0 N–H and O–H groups in total. The summed E-state index contributed by atoms with van der Waals surface area (Å²) in [5, 5.41) is 0.212. The van der Waals surface area contributed by atoms with E-state index in [4.69, 9.17) is 16.3 Å². The van der Waals surface area contributed by atoms with E-state index >= 15 is 0 Å². The van der Waals surface area contributed by atoms with E-state index in [-0.39, 0.29) is 10.8 Å². The fourth-order valence-electron chi connectivity index (χ4n) is 1.79. The van der Waals surface area contributed by atoms with Crippen LogP contribution in [0.15, 0.2) is 18.2 Å². The van der Waals surface area contributed by atoms with Crippen LogP contribution in [0, 0.1) is 12.3 Å². The Morgan fingerprint density at radius 3 is 2.41 bits per heavy atom. The average Bonchev–Trinajstić information content (AvgIpc) is 2.25. The molecule has 0 aromatic heterocycles. The normalized spacial score (nSPS) is 13.5. The lowest BCUT2D eigenvalue weighted by molar-refractivity contribution is 0.374. The highest BCUT2D eigenvalue weighted by Gasteiger charge is 2.21. The second-order valence-electron chi connectivity index (χ2n) is 5.66. The molecule has 2 heteroatoms. The molecule has 0 heterocycles. The van der Waals surface area contributed by atoms with Crippen LogP contribution in [0.25, 0.3) is 0 Å². The molecule has 0 amide bonds. The fourth-order valence-corrected chi connectivity index (χ4v) is 1.90. The van der Waals surface area contributed by atoms with Crippen LogP contribution >= 0.6 is 11.6 Å². The molecule has 1 aromatic carbocycles. The first-order valence-electron chi connectivity index (χ1n) is 6.12. The van der Waals surface area contributed by atoms with Gasteiger partial charge in [0.05, 0.1) is 7.11 Å². The number of methoxy groups -OCH3 is 1. The number of hydrogen-bond donors (Lipinski definition) is 0. The molecule has 1 atom stereocenters. The van der Waals surface area contributed by atoms with Gasteiger partial charge in [-0.1, -0.05) is 26.8 Å². The number of benzene rings is 1. The first-order valence-corrected chi connectivity index (χ1v) is 6.56. The second-order valence-corrected chi connectivity index (χ2v) is 6.19. The Morgan fingerprint density at radius 2 is 1.94 bits per heavy atom. The average molecular weight is 255 g/mol. The van der Waals surface area contributed by atoms with Crippen molar-refractivity contribution in [2.45, 2.75) is 45.9 Å². The Kier molecular flexibility index (Phi) is 4.88. The third-order valence-corrected chi connectivity index (χ3v) is 4.03. The fraction of sp³-hybridized carbons (Fsp3) is 0.600. The summed E-state index contributed by atoms with van der Waals surface area (Å²) in [4.78, 5) is 0. The van der Waals surface area contributed by atoms with Gasteiger partial charge in [0.1, 0.15) is 5.75 Å². The summed E-state index contributed by atoms with van der Waals surface area (Å²) in [7, 11) is 1.70. The van der Waals surface area contributed by atoms with Crippen LogP contribution in [0.4, 0.5) is 0 Å². The van der Waals surface area contributed by atoms with Crippen LogP contribution in [0.2, 0.25) is 0 Å². The minimum Gasteiger partial charge on any atom is -0.497 e. The lowest BCUT2D eigenvalue weighted by Gasteiger charge is -2.25. The van der Waals surface area contributed by atoms with Crippen LogP contribution in [-0.2, 0) is 6.42 Å². The van der Waals surface area contributed by atoms with Gasteiger partial charge >= 0.3 is 0 Å². The Bertz CT molecular complexity index is 366. The molecular formula is C15H23ClO. The second kappa shape index (κ2) is 5.77. The minimum atomic E-state index is 0.169. The number of alkyl halides is 1. The maximum atomic E-state index is 6.39. The smallest absolute Gasteiger partial charge is 0.119 e. The highest BCUT2D eigenvalue weighted by molar-refractivity contribution is 6.21. The van der Waals surface area contributed by atoms with Gasteiger partial charge in [0.25, 0.3) is 0 Å². The molecule has 0 fully saturated rings. The quantitative estimate of drug-likeness (QED) is 0.714. The van der Waals surface area contributed by atoms with E-state index in [1.54, 1.807) is 7.11 Å². The highest BCUT2D eigenvalue weighted by atomic mass is 35.5. The van der Waals surface area contributed by atoms with E-state index in [0.29, 0.717) is 0 Å². The van der Waals surface area contributed by atoms with Crippen LogP contribution in [0.5, 0.6) is 5.75 Å². The van der Waals surface area contributed by atoms with Gasteiger partial charge in [-0.25, -0.2) is 0 Å². The SMILES string of the molecule is COc1ccc(CCC(Cl)C(C)(C)C)c(C)c1. The lowest BCUT2D eigenvalue weighted by Crippen LogP contribution is -2.21. The van der Waals surface area contributed by atoms with Gasteiger partial charge in [-0.3, -0.25) is 0 Å². The van der Waals surface area contributed by atoms with Crippen LogP contribution in [-0.4, -0.2) is 12.5 Å². The molecule has 0 aliphatic heterocycles. The topological polar surface area (TPSA) is 9.23 Å². The molecule has 1 rings (SSSR count). The lowest BCUT2D eigenvalue weighted by atomic mass is 9.88. The maximum Gasteiger partial charge on any atom is 0.119 e. The van der Waals surface area contributed by atoms with Gasteiger partial charge in [-0.15, -0.1) is 11.6 Å². The third-order valence-electron chi connectivity index (χ3n) is 3.16. The molecule has 0 saturated heterocycles. The van der Waals surface area contributed by atoms with Gasteiger partial charge in [0.15, 0.2) is 0 Å². The van der Waals surface area contributed by atoms with E-state index in [1.807, 2.05) is 6.07 Å². The number of hydrogen-bond acceptors (Lipinski definition) is 1. The van der Waals surface area contributed by atoms with E-state index in [0.717, 1.165) is 18.6 Å².